The van der Waals surface area contributed by atoms with E-state index in [1.54, 1.807) is 22.5 Å². The maximum atomic E-state index is 12.9. The lowest BCUT2D eigenvalue weighted by molar-refractivity contribution is 0.218. The van der Waals surface area contributed by atoms with Gasteiger partial charge in [0.25, 0.3) is 0 Å². The Morgan fingerprint density at radius 3 is 2.62 bits per heavy atom. The van der Waals surface area contributed by atoms with Crippen molar-refractivity contribution in [3.63, 3.8) is 0 Å². The molecule has 2 fully saturated rings. The zero-order valence-corrected chi connectivity index (χ0v) is 14.8. The van der Waals surface area contributed by atoms with E-state index in [2.05, 4.69) is 21.2 Å². The van der Waals surface area contributed by atoms with Crippen molar-refractivity contribution in [2.45, 2.75) is 24.2 Å². The molecule has 2 heterocycles. The van der Waals surface area contributed by atoms with Crippen LogP contribution in [0, 0.1) is 5.41 Å². The van der Waals surface area contributed by atoms with Crippen molar-refractivity contribution in [1.82, 2.24) is 9.62 Å². The van der Waals surface area contributed by atoms with Gasteiger partial charge in [-0.05, 0) is 65.8 Å². The number of nitrogens with zero attached hydrogens (tertiary/aromatic N) is 1. The van der Waals surface area contributed by atoms with E-state index in [1.165, 1.54) is 0 Å². The molecular formula is C14H18BrClN2O2S. The summed E-state index contributed by atoms with van der Waals surface area (Å²) in [6.07, 6.45) is 3.03. The smallest absolute Gasteiger partial charge is 0.245 e. The van der Waals surface area contributed by atoms with E-state index >= 15 is 0 Å². The predicted molar refractivity (Wildman–Crippen MR) is 87.1 cm³/mol. The molecule has 2 aliphatic rings. The molecule has 4 nitrogen and oxygen atoms in total. The summed E-state index contributed by atoms with van der Waals surface area (Å²) in [5.74, 6) is 0. The van der Waals surface area contributed by atoms with E-state index in [0.29, 0.717) is 17.6 Å². The van der Waals surface area contributed by atoms with Crippen molar-refractivity contribution < 1.29 is 8.42 Å². The fourth-order valence-corrected chi connectivity index (χ4v) is 6.55. The van der Waals surface area contributed by atoms with E-state index in [9.17, 15) is 8.42 Å². The third kappa shape index (κ3) is 2.88. The lowest BCUT2D eigenvalue weighted by Gasteiger charge is -2.33. The quantitative estimate of drug-likeness (QED) is 0.840. The molecule has 0 bridgehead atoms. The van der Waals surface area contributed by atoms with Gasteiger partial charge in [-0.25, -0.2) is 8.42 Å². The Morgan fingerprint density at radius 1 is 1.24 bits per heavy atom. The molecule has 7 heteroatoms. The molecule has 2 aliphatic heterocycles. The molecule has 21 heavy (non-hydrogen) atoms. The highest BCUT2D eigenvalue weighted by Gasteiger charge is 2.44. The summed E-state index contributed by atoms with van der Waals surface area (Å²) < 4.78 is 27.9. The standard InChI is InChI=1S/C14H18BrClN2O2S/c15-11-2-1-3-12(16)13(11)21(19,20)18-9-6-14(10-18)4-7-17-8-5-14/h1-3,17H,4-10H2. The van der Waals surface area contributed by atoms with Gasteiger partial charge in [-0.2, -0.15) is 4.31 Å². The Kier molecular flexibility index (Phi) is 4.36. The maximum Gasteiger partial charge on any atom is 0.245 e. The lowest BCUT2D eigenvalue weighted by Crippen LogP contribution is -2.39. The van der Waals surface area contributed by atoms with Crippen LogP contribution in [0.3, 0.4) is 0 Å². The fourth-order valence-electron chi connectivity index (χ4n) is 3.32. The molecule has 0 radical (unpaired) electrons. The molecule has 3 rings (SSSR count). The van der Waals surface area contributed by atoms with Crippen LogP contribution in [-0.2, 0) is 10.0 Å². The zero-order chi connectivity index (χ0) is 15.1. The highest BCUT2D eigenvalue weighted by atomic mass is 79.9. The van der Waals surface area contributed by atoms with Gasteiger partial charge in [0.15, 0.2) is 0 Å². The summed E-state index contributed by atoms with van der Waals surface area (Å²) in [7, 11) is -3.54. The SMILES string of the molecule is O=S(=O)(c1c(Cl)cccc1Br)N1CCC2(CCNCC2)C1. The molecule has 0 aliphatic carbocycles. The highest BCUT2D eigenvalue weighted by molar-refractivity contribution is 9.10. The molecule has 0 saturated carbocycles. The molecule has 1 aromatic carbocycles. The van der Waals surface area contributed by atoms with Crippen molar-refractivity contribution in [3.8, 4) is 0 Å². The van der Waals surface area contributed by atoms with Crippen LogP contribution in [0.5, 0.6) is 0 Å². The minimum atomic E-state index is -3.54. The van der Waals surface area contributed by atoms with Crippen LogP contribution in [0.1, 0.15) is 19.3 Å². The van der Waals surface area contributed by atoms with E-state index in [4.69, 9.17) is 11.6 Å². The second kappa shape index (κ2) is 5.81. The monoisotopic (exact) mass is 392 g/mol. The minimum Gasteiger partial charge on any atom is -0.317 e. The van der Waals surface area contributed by atoms with Gasteiger partial charge in [-0.3, -0.25) is 0 Å². The normalized spacial score (nSPS) is 22.8. The van der Waals surface area contributed by atoms with Crippen molar-refractivity contribution in [3.05, 3.63) is 27.7 Å². The molecule has 0 atom stereocenters. The number of nitrogens with one attached hydrogen (secondary N) is 1. The first-order chi connectivity index (χ1) is 9.95. The number of hydrogen-bond acceptors (Lipinski definition) is 3. The summed E-state index contributed by atoms with van der Waals surface area (Å²) in [6.45, 7) is 3.14. The van der Waals surface area contributed by atoms with Crippen molar-refractivity contribution in [1.29, 1.82) is 0 Å². The van der Waals surface area contributed by atoms with E-state index in [1.807, 2.05) is 0 Å². The van der Waals surface area contributed by atoms with Gasteiger partial charge in [0.05, 0.1) is 5.02 Å². The Balaban J connectivity index is 1.90. The van der Waals surface area contributed by atoms with Gasteiger partial charge in [-0.15, -0.1) is 0 Å². The predicted octanol–water partition coefficient (Wildman–Crippen LogP) is 2.87. The van der Waals surface area contributed by atoms with Gasteiger partial charge < -0.3 is 5.32 Å². The summed E-state index contributed by atoms with van der Waals surface area (Å²) in [5.41, 5.74) is 0.145. The highest BCUT2D eigenvalue weighted by Crippen LogP contribution is 2.42. The second-order valence-electron chi connectivity index (χ2n) is 5.89. The molecule has 1 N–H and O–H groups in total. The Morgan fingerprint density at radius 2 is 1.95 bits per heavy atom. The molecule has 1 spiro atoms. The van der Waals surface area contributed by atoms with Gasteiger partial charge >= 0.3 is 0 Å². The lowest BCUT2D eigenvalue weighted by atomic mass is 9.78. The van der Waals surface area contributed by atoms with Crippen molar-refractivity contribution in [2.24, 2.45) is 5.41 Å². The Labute approximate surface area is 139 Å². The third-order valence-corrected chi connectivity index (χ3v) is 7.88. The molecule has 116 valence electrons. The average Bonchev–Trinajstić information content (AvgIpc) is 2.84. The van der Waals surface area contributed by atoms with Crippen LogP contribution < -0.4 is 5.32 Å². The van der Waals surface area contributed by atoms with E-state index < -0.39 is 10.0 Å². The van der Waals surface area contributed by atoms with E-state index in [-0.39, 0.29) is 15.3 Å². The first-order valence-electron chi connectivity index (χ1n) is 7.10. The molecule has 1 aromatic rings. The molecule has 2 saturated heterocycles. The van der Waals surface area contributed by atoms with Gasteiger partial charge in [0.2, 0.25) is 10.0 Å². The molecule has 0 unspecified atom stereocenters. The number of halogens is 2. The van der Waals surface area contributed by atoms with Crippen LogP contribution >= 0.6 is 27.5 Å². The summed E-state index contributed by atoms with van der Waals surface area (Å²) in [6, 6.07) is 5.08. The Bertz CT molecular complexity index is 624. The molecule has 0 aromatic heterocycles. The van der Waals surface area contributed by atoms with Gasteiger partial charge in [0, 0.05) is 17.6 Å². The summed E-state index contributed by atoms with van der Waals surface area (Å²) in [4.78, 5) is 0.192. The van der Waals surface area contributed by atoms with Crippen LogP contribution in [0.25, 0.3) is 0 Å². The number of piperidine rings is 1. The van der Waals surface area contributed by atoms with Gasteiger partial charge in [0.1, 0.15) is 4.90 Å². The van der Waals surface area contributed by atoms with Crippen LogP contribution in [-0.4, -0.2) is 38.9 Å². The number of sulfonamides is 1. The Hall–Kier alpha value is -0.140. The number of benzene rings is 1. The largest absolute Gasteiger partial charge is 0.317 e. The topological polar surface area (TPSA) is 49.4 Å². The average molecular weight is 394 g/mol. The maximum absolute atomic E-state index is 12.9. The van der Waals surface area contributed by atoms with Crippen molar-refractivity contribution >= 4 is 37.6 Å². The first kappa shape index (κ1) is 15.7. The minimum absolute atomic E-state index is 0.145. The van der Waals surface area contributed by atoms with Crippen LogP contribution in [0.4, 0.5) is 0 Å². The number of rotatable bonds is 2. The molecule has 0 amide bonds. The van der Waals surface area contributed by atoms with E-state index in [0.717, 1.165) is 32.4 Å². The van der Waals surface area contributed by atoms with Gasteiger partial charge in [-0.1, -0.05) is 17.7 Å². The molecular weight excluding hydrogens is 376 g/mol. The van der Waals surface area contributed by atoms with Crippen molar-refractivity contribution in [2.75, 3.05) is 26.2 Å². The summed E-state index contributed by atoms with van der Waals surface area (Å²) >= 11 is 9.44. The number of hydrogen-bond donors (Lipinski definition) is 1. The third-order valence-electron chi connectivity index (χ3n) is 4.58. The second-order valence-corrected chi connectivity index (χ2v) is 9.03. The first-order valence-corrected chi connectivity index (χ1v) is 9.71. The summed E-state index contributed by atoms with van der Waals surface area (Å²) in [5, 5.41) is 3.62. The van der Waals surface area contributed by atoms with Crippen LogP contribution in [0.15, 0.2) is 27.6 Å². The zero-order valence-electron chi connectivity index (χ0n) is 11.6. The van der Waals surface area contributed by atoms with Crippen LogP contribution in [0.2, 0.25) is 5.02 Å². The fraction of sp³-hybridized carbons (Fsp3) is 0.571.